The first-order valence-electron chi connectivity index (χ1n) is 8.04. The molecule has 4 heteroatoms. The molecule has 0 aliphatic rings. The summed E-state index contributed by atoms with van der Waals surface area (Å²) in [6.07, 6.45) is 2.80. The number of ether oxygens (including phenoxy) is 2. The fourth-order valence-electron chi connectivity index (χ4n) is 1.99. The van der Waals surface area contributed by atoms with Crippen molar-refractivity contribution >= 4 is 11.6 Å². The van der Waals surface area contributed by atoms with Gasteiger partial charge in [0.15, 0.2) is 0 Å². The Kier molecular flexibility index (Phi) is 6.43. The summed E-state index contributed by atoms with van der Waals surface area (Å²) < 4.78 is 11.1. The third kappa shape index (κ3) is 5.16. The molecular weight excluding hydrogens is 302 g/mol. The van der Waals surface area contributed by atoms with Crippen molar-refractivity contribution in [2.75, 3.05) is 11.9 Å². The smallest absolute Gasteiger partial charge is 0.255 e. The summed E-state index contributed by atoms with van der Waals surface area (Å²) in [7, 11) is 0. The Balaban J connectivity index is 1.95. The van der Waals surface area contributed by atoms with E-state index in [2.05, 4.69) is 18.8 Å². The number of benzene rings is 2. The van der Waals surface area contributed by atoms with Gasteiger partial charge in [0.1, 0.15) is 18.1 Å². The van der Waals surface area contributed by atoms with Crippen LogP contribution in [0.25, 0.3) is 0 Å². The van der Waals surface area contributed by atoms with Crippen LogP contribution in [0.2, 0.25) is 0 Å². The molecule has 4 nitrogen and oxygen atoms in total. The number of anilines is 1. The summed E-state index contributed by atoms with van der Waals surface area (Å²) >= 11 is 0. The lowest BCUT2D eigenvalue weighted by molar-refractivity contribution is 0.102. The van der Waals surface area contributed by atoms with Crippen LogP contribution in [0.15, 0.2) is 61.2 Å². The molecule has 0 saturated heterocycles. The molecule has 0 heterocycles. The number of nitrogens with one attached hydrogen (secondary N) is 1. The van der Waals surface area contributed by atoms with Crippen molar-refractivity contribution in [1.82, 2.24) is 0 Å². The van der Waals surface area contributed by atoms with E-state index >= 15 is 0 Å². The van der Waals surface area contributed by atoms with Crippen LogP contribution in [0, 0.1) is 0 Å². The summed E-state index contributed by atoms with van der Waals surface area (Å²) in [5.41, 5.74) is 1.30. The van der Waals surface area contributed by atoms with Crippen LogP contribution in [-0.4, -0.2) is 18.6 Å². The van der Waals surface area contributed by atoms with Gasteiger partial charge in [0.2, 0.25) is 0 Å². The molecule has 0 aliphatic heterocycles. The molecule has 2 aromatic rings. The van der Waals surface area contributed by atoms with Crippen molar-refractivity contribution in [3.05, 3.63) is 66.7 Å². The van der Waals surface area contributed by atoms with Gasteiger partial charge in [0.05, 0.1) is 6.10 Å². The van der Waals surface area contributed by atoms with Crippen LogP contribution >= 0.6 is 0 Å². The van der Waals surface area contributed by atoms with Gasteiger partial charge < -0.3 is 14.8 Å². The zero-order chi connectivity index (χ0) is 17.4. The van der Waals surface area contributed by atoms with Crippen LogP contribution in [0.5, 0.6) is 11.5 Å². The molecule has 0 radical (unpaired) electrons. The highest BCUT2D eigenvalue weighted by molar-refractivity contribution is 6.04. The normalized spacial score (nSPS) is 11.4. The van der Waals surface area contributed by atoms with Crippen molar-refractivity contribution in [3.8, 4) is 11.5 Å². The Morgan fingerprint density at radius 3 is 2.33 bits per heavy atom. The van der Waals surface area contributed by atoms with E-state index in [1.807, 2.05) is 31.2 Å². The zero-order valence-electron chi connectivity index (χ0n) is 14.1. The van der Waals surface area contributed by atoms with Crippen LogP contribution in [0.3, 0.4) is 0 Å². The minimum Gasteiger partial charge on any atom is -0.491 e. The van der Waals surface area contributed by atoms with E-state index in [4.69, 9.17) is 9.47 Å². The highest BCUT2D eigenvalue weighted by atomic mass is 16.5. The molecule has 1 unspecified atom stereocenters. The van der Waals surface area contributed by atoms with Crippen LogP contribution < -0.4 is 14.8 Å². The second-order valence-corrected chi connectivity index (χ2v) is 5.44. The topological polar surface area (TPSA) is 47.6 Å². The maximum Gasteiger partial charge on any atom is 0.255 e. The van der Waals surface area contributed by atoms with Gasteiger partial charge in [-0.3, -0.25) is 4.79 Å². The molecule has 0 spiro atoms. The first-order chi connectivity index (χ1) is 11.6. The quantitative estimate of drug-likeness (QED) is 0.717. The van der Waals surface area contributed by atoms with Crippen LogP contribution in [0.1, 0.15) is 30.6 Å². The van der Waals surface area contributed by atoms with E-state index in [1.54, 1.807) is 30.3 Å². The molecule has 1 N–H and O–H groups in total. The standard InChI is InChI=1S/C20H23NO3/c1-4-14-23-18-10-6-16(7-11-18)20(22)21-17-8-12-19(13-9-17)24-15(3)5-2/h4,6-13,15H,1,5,14H2,2-3H3,(H,21,22). The highest BCUT2D eigenvalue weighted by Gasteiger charge is 2.07. The fourth-order valence-corrected chi connectivity index (χ4v) is 1.99. The Hall–Kier alpha value is -2.75. The van der Waals surface area contributed by atoms with Gasteiger partial charge in [0.25, 0.3) is 5.91 Å². The molecule has 0 bridgehead atoms. The van der Waals surface area contributed by atoms with Crippen molar-refractivity contribution in [3.63, 3.8) is 0 Å². The maximum absolute atomic E-state index is 12.2. The number of rotatable bonds is 8. The van der Waals surface area contributed by atoms with E-state index < -0.39 is 0 Å². The summed E-state index contributed by atoms with van der Waals surface area (Å²) in [6, 6.07) is 14.4. The molecule has 0 fully saturated rings. The zero-order valence-corrected chi connectivity index (χ0v) is 14.1. The Bertz CT molecular complexity index is 662. The SMILES string of the molecule is C=CCOc1ccc(C(=O)Nc2ccc(OC(C)CC)cc2)cc1. The van der Waals surface area contributed by atoms with E-state index in [9.17, 15) is 4.79 Å². The third-order valence-corrected chi connectivity index (χ3v) is 3.51. The van der Waals surface area contributed by atoms with Crippen molar-refractivity contribution in [1.29, 1.82) is 0 Å². The molecule has 0 aromatic heterocycles. The number of hydrogen-bond acceptors (Lipinski definition) is 3. The Morgan fingerprint density at radius 1 is 1.12 bits per heavy atom. The maximum atomic E-state index is 12.2. The molecule has 2 aromatic carbocycles. The summed E-state index contributed by atoms with van der Waals surface area (Å²) in [5, 5.41) is 2.86. The number of carbonyl (C=O) groups is 1. The average molecular weight is 325 g/mol. The van der Waals surface area contributed by atoms with Crippen molar-refractivity contribution in [2.24, 2.45) is 0 Å². The minimum atomic E-state index is -0.166. The number of hydrogen-bond donors (Lipinski definition) is 1. The summed E-state index contributed by atoms with van der Waals surface area (Å²) in [5.74, 6) is 1.34. The molecule has 1 amide bonds. The van der Waals surface area contributed by atoms with E-state index in [0.29, 0.717) is 17.9 Å². The second kappa shape index (κ2) is 8.77. The first-order valence-corrected chi connectivity index (χ1v) is 8.04. The minimum absolute atomic E-state index is 0.166. The van der Waals surface area contributed by atoms with Crippen LogP contribution in [0.4, 0.5) is 5.69 Å². The van der Waals surface area contributed by atoms with E-state index in [0.717, 1.165) is 17.9 Å². The molecule has 126 valence electrons. The van der Waals surface area contributed by atoms with Crippen molar-refractivity contribution in [2.45, 2.75) is 26.4 Å². The molecular formula is C20H23NO3. The molecule has 1 atom stereocenters. The molecule has 2 rings (SSSR count). The fraction of sp³-hybridized carbons (Fsp3) is 0.250. The lowest BCUT2D eigenvalue weighted by Crippen LogP contribution is -2.12. The highest BCUT2D eigenvalue weighted by Crippen LogP contribution is 2.19. The van der Waals surface area contributed by atoms with Crippen LogP contribution in [-0.2, 0) is 0 Å². The first kappa shape index (κ1) is 17.6. The van der Waals surface area contributed by atoms with Gasteiger partial charge in [0, 0.05) is 11.3 Å². The number of amides is 1. The molecule has 0 aliphatic carbocycles. The van der Waals surface area contributed by atoms with E-state index in [-0.39, 0.29) is 12.0 Å². The lowest BCUT2D eigenvalue weighted by Gasteiger charge is -2.13. The summed E-state index contributed by atoms with van der Waals surface area (Å²) in [4.78, 5) is 12.2. The largest absolute Gasteiger partial charge is 0.491 e. The predicted octanol–water partition coefficient (Wildman–Crippen LogP) is 4.68. The summed E-state index contributed by atoms with van der Waals surface area (Å²) in [6.45, 7) is 8.14. The third-order valence-electron chi connectivity index (χ3n) is 3.51. The number of carbonyl (C=O) groups excluding carboxylic acids is 1. The molecule has 0 saturated carbocycles. The van der Waals surface area contributed by atoms with E-state index in [1.165, 1.54) is 0 Å². The average Bonchev–Trinajstić information content (AvgIpc) is 2.61. The predicted molar refractivity (Wildman–Crippen MR) is 96.9 cm³/mol. The van der Waals surface area contributed by atoms with Gasteiger partial charge in [-0.05, 0) is 61.9 Å². The van der Waals surface area contributed by atoms with Gasteiger partial charge >= 0.3 is 0 Å². The van der Waals surface area contributed by atoms with Gasteiger partial charge in [-0.25, -0.2) is 0 Å². The monoisotopic (exact) mass is 325 g/mol. The lowest BCUT2D eigenvalue weighted by atomic mass is 10.2. The Morgan fingerprint density at radius 2 is 1.75 bits per heavy atom. The van der Waals surface area contributed by atoms with Gasteiger partial charge in [-0.1, -0.05) is 19.6 Å². The van der Waals surface area contributed by atoms with Crippen molar-refractivity contribution < 1.29 is 14.3 Å². The Labute approximate surface area is 143 Å². The van der Waals surface area contributed by atoms with Gasteiger partial charge in [-0.2, -0.15) is 0 Å². The second-order valence-electron chi connectivity index (χ2n) is 5.44. The van der Waals surface area contributed by atoms with Gasteiger partial charge in [-0.15, -0.1) is 0 Å². The molecule has 24 heavy (non-hydrogen) atoms.